The van der Waals surface area contributed by atoms with Crippen LogP contribution in [0.4, 0.5) is 0 Å². The molecule has 7 unspecified atom stereocenters. The van der Waals surface area contributed by atoms with Crippen molar-refractivity contribution < 1.29 is 0 Å². The summed E-state index contributed by atoms with van der Waals surface area (Å²) in [5.74, 6) is 6.40. The normalized spacial score (nSPS) is 53.0. The molecule has 118 valence electrons. The highest BCUT2D eigenvalue weighted by Gasteiger charge is 2.54. The van der Waals surface area contributed by atoms with Crippen LogP contribution >= 0.6 is 0 Å². The van der Waals surface area contributed by atoms with Crippen LogP contribution < -0.4 is 0 Å². The third-order valence-electron chi connectivity index (χ3n) is 8.59. The Kier molecular flexibility index (Phi) is 3.51. The molecule has 0 spiro atoms. The third-order valence-corrected chi connectivity index (χ3v) is 8.59. The zero-order valence-electron chi connectivity index (χ0n) is 14.2. The summed E-state index contributed by atoms with van der Waals surface area (Å²) in [6.07, 6.45) is 15.0. The Hall–Kier alpha value is -0.260. The maximum atomic E-state index is 4.45. The Morgan fingerprint density at radius 1 is 1.00 bits per heavy atom. The molecule has 4 saturated carbocycles. The van der Waals surface area contributed by atoms with Crippen LogP contribution in [-0.2, 0) is 0 Å². The Labute approximate surface area is 131 Å². The first-order valence-corrected chi connectivity index (χ1v) is 9.81. The molecule has 4 fully saturated rings. The summed E-state index contributed by atoms with van der Waals surface area (Å²) in [7, 11) is 0. The smallest absolute Gasteiger partial charge is 0.00879 e. The van der Waals surface area contributed by atoms with Crippen molar-refractivity contribution in [1.29, 1.82) is 0 Å². The summed E-state index contributed by atoms with van der Waals surface area (Å²) in [5.41, 5.74) is 2.12. The quantitative estimate of drug-likeness (QED) is 0.502. The lowest BCUT2D eigenvalue weighted by Crippen LogP contribution is -2.47. The molecule has 0 saturated heterocycles. The van der Waals surface area contributed by atoms with Gasteiger partial charge < -0.3 is 0 Å². The van der Waals surface area contributed by atoms with Crippen molar-refractivity contribution in [3.63, 3.8) is 0 Å². The molecule has 0 aromatic heterocycles. The molecule has 0 heteroatoms. The van der Waals surface area contributed by atoms with E-state index in [0.29, 0.717) is 5.41 Å². The molecule has 0 heterocycles. The van der Waals surface area contributed by atoms with E-state index in [1.807, 2.05) is 0 Å². The first kappa shape index (κ1) is 14.3. The first-order valence-electron chi connectivity index (χ1n) is 9.81. The van der Waals surface area contributed by atoms with Crippen molar-refractivity contribution in [2.75, 3.05) is 0 Å². The third kappa shape index (κ3) is 2.07. The Morgan fingerprint density at radius 2 is 1.81 bits per heavy atom. The van der Waals surface area contributed by atoms with Gasteiger partial charge in [-0.2, -0.15) is 0 Å². The molecule has 0 aliphatic heterocycles. The molecule has 4 rings (SSSR count). The van der Waals surface area contributed by atoms with Gasteiger partial charge in [0.2, 0.25) is 0 Å². The van der Waals surface area contributed by atoms with Crippen molar-refractivity contribution >= 4 is 0 Å². The predicted molar refractivity (Wildman–Crippen MR) is 90.0 cm³/mol. The van der Waals surface area contributed by atoms with E-state index in [-0.39, 0.29) is 0 Å². The van der Waals surface area contributed by atoms with E-state index in [0.717, 1.165) is 35.5 Å². The van der Waals surface area contributed by atoms with Crippen LogP contribution in [0.15, 0.2) is 12.2 Å². The van der Waals surface area contributed by atoms with E-state index in [9.17, 15) is 0 Å². The van der Waals surface area contributed by atoms with Gasteiger partial charge in [-0.05, 0) is 92.3 Å². The zero-order chi connectivity index (χ0) is 14.6. The fraction of sp³-hybridized carbons (Fsp3) is 0.905. The number of rotatable bonds is 1. The lowest BCUT2D eigenvalue weighted by atomic mass is 9.50. The fourth-order valence-corrected chi connectivity index (χ4v) is 7.23. The van der Waals surface area contributed by atoms with Crippen molar-refractivity contribution in [2.24, 2.45) is 40.9 Å². The monoisotopic (exact) mass is 286 g/mol. The number of fused-ring (bicyclic) bond motifs is 5. The molecule has 4 aliphatic rings. The van der Waals surface area contributed by atoms with Crippen molar-refractivity contribution in [2.45, 2.75) is 78.1 Å². The first-order chi connectivity index (χ1) is 10.1. The van der Waals surface area contributed by atoms with Crippen LogP contribution in [-0.4, -0.2) is 0 Å². The molecule has 0 bridgehead atoms. The molecular formula is C21H34. The molecule has 4 aliphatic carbocycles. The Balaban J connectivity index is 1.54. The highest BCUT2D eigenvalue weighted by molar-refractivity contribution is 5.20. The average molecular weight is 287 g/mol. The largest absolute Gasteiger partial charge is 0.0993 e. The minimum Gasteiger partial charge on any atom is -0.0993 e. The lowest BCUT2D eigenvalue weighted by Gasteiger charge is -2.55. The minimum absolute atomic E-state index is 0.522. The highest BCUT2D eigenvalue weighted by atomic mass is 14.6. The summed E-state index contributed by atoms with van der Waals surface area (Å²) >= 11 is 0. The fourth-order valence-electron chi connectivity index (χ4n) is 7.23. The zero-order valence-corrected chi connectivity index (χ0v) is 14.2. The van der Waals surface area contributed by atoms with Gasteiger partial charge in [0.15, 0.2) is 0 Å². The van der Waals surface area contributed by atoms with Gasteiger partial charge in [-0.25, -0.2) is 0 Å². The van der Waals surface area contributed by atoms with Gasteiger partial charge in [0, 0.05) is 0 Å². The second-order valence-corrected chi connectivity index (χ2v) is 9.12. The van der Waals surface area contributed by atoms with Gasteiger partial charge in [0.25, 0.3) is 0 Å². The lowest BCUT2D eigenvalue weighted by molar-refractivity contribution is -0.0485. The standard InChI is InChI=1S/C21H34/c1-4-15-6-8-17-16(13-15)7-9-19-18(17)11-12-21(3)14(2)5-10-20(19)21/h15-20H,2,4-13H2,1,3H3. The molecule has 0 aromatic carbocycles. The van der Waals surface area contributed by atoms with E-state index < -0.39 is 0 Å². The summed E-state index contributed by atoms with van der Waals surface area (Å²) in [5, 5.41) is 0. The maximum absolute atomic E-state index is 4.45. The molecular weight excluding hydrogens is 252 g/mol. The molecule has 0 N–H and O–H groups in total. The van der Waals surface area contributed by atoms with Crippen molar-refractivity contribution in [1.82, 2.24) is 0 Å². The second kappa shape index (κ2) is 5.14. The van der Waals surface area contributed by atoms with Gasteiger partial charge in [-0.3, -0.25) is 0 Å². The van der Waals surface area contributed by atoms with E-state index in [4.69, 9.17) is 0 Å². The summed E-state index contributed by atoms with van der Waals surface area (Å²) in [6.45, 7) is 9.42. The average Bonchev–Trinajstić information content (AvgIpc) is 2.82. The van der Waals surface area contributed by atoms with Crippen LogP contribution in [0.1, 0.15) is 78.1 Å². The van der Waals surface area contributed by atoms with Gasteiger partial charge in [0.1, 0.15) is 0 Å². The summed E-state index contributed by atoms with van der Waals surface area (Å²) in [6, 6.07) is 0. The highest BCUT2D eigenvalue weighted by Crippen LogP contribution is 2.63. The Bertz CT molecular complexity index is 422. The van der Waals surface area contributed by atoms with Crippen LogP contribution in [0.25, 0.3) is 0 Å². The van der Waals surface area contributed by atoms with Crippen LogP contribution in [0.3, 0.4) is 0 Å². The SMILES string of the molecule is C=C1CCC2C3CCC4CC(CC)CCC4C3CCC12C. The molecule has 0 aromatic rings. The van der Waals surface area contributed by atoms with E-state index in [1.165, 1.54) is 38.5 Å². The van der Waals surface area contributed by atoms with Crippen LogP contribution in [0.5, 0.6) is 0 Å². The summed E-state index contributed by atoms with van der Waals surface area (Å²) in [4.78, 5) is 0. The van der Waals surface area contributed by atoms with Gasteiger partial charge in [-0.15, -0.1) is 0 Å². The van der Waals surface area contributed by atoms with Crippen LogP contribution in [0.2, 0.25) is 0 Å². The molecule has 0 nitrogen and oxygen atoms in total. The minimum atomic E-state index is 0.522. The second-order valence-electron chi connectivity index (χ2n) is 9.12. The van der Waals surface area contributed by atoms with Crippen LogP contribution in [0, 0.1) is 40.9 Å². The maximum Gasteiger partial charge on any atom is -0.00879 e. The van der Waals surface area contributed by atoms with Gasteiger partial charge in [-0.1, -0.05) is 38.8 Å². The topological polar surface area (TPSA) is 0 Å². The Morgan fingerprint density at radius 3 is 2.62 bits per heavy atom. The van der Waals surface area contributed by atoms with E-state index in [1.54, 1.807) is 31.3 Å². The van der Waals surface area contributed by atoms with E-state index in [2.05, 4.69) is 20.4 Å². The summed E-state index contributed by atoms with van der Waals surface area (Å²) < 4.78 is 0. The van der Waals surface area contributed by atoms with Gasteiger partial charge >= 0.3 is 0 Å². The van der Waals surface area contributed by atoms with Crippen molar-refractivity contribution in [3.8, 4) is 0 Å². The van der Waals surface area contributed by atoms with Crippen molar-refractivity contribution in [3.05, 3.63) is 12.2 Å². The molecule has 7 atom stereocenters. The molecule has 0 amide bonds. The van der Waals surface area contributed by atoms with Gasteiger partial charge in [0.05, 0.1) is 0 Å². The predicted octanol–water partition coefficient (Wildman–Crippen LogP) is 6.22. The van der Waals surface area contributed by atoms with E-state index >= 15 is 0 Å². The number of hydrogen-bond donors (Lipinski definition) is 0. The molecule has 21 heavy (non-hydrogen) atoms. The molecule has 0 radical (unpaired) electrons. The number of hydrogen-bond acceptors (Lipinski definition) is 0. The number of allylic oxidation sites excluding steroid dienone is 1.